The first-order chi connectivity index (χ1) is 12.8. The number of hydrogen-bond acceptors (Lipinski definition) is 1. The summed E-state index contributed by atoms with van der Waals surface area (Å²) in [5.74, 6) is 3.71. The number of benzene rings is 2. The van der Waals surface area contributed by atoms with Gasteiger partial charge in [0, 0.05) is 11.1 Å². The molecule has 0 spiro atoms. The molecule has 0 aromatic heterocycles. The first kappa shape index (κ1) is 20.5. The van der Waals surface area contributed by atoms with Crippen LogP contribution in [0.5, 0.6) is 5.75 Å². The monoisotopic (exact) mass is 380 g/mol. The molecule has 0 fully saturated rings. The molecule has 6 heteroatoms. The van der Waals surface area contributed by atoms with Crippen molar-refractivity contribution in [2.45, 2.75) is 32.5 Å². The summed E-state index contributed by atoms with van der Waals surface area (Å²) in [6, 6.07) is 8.77. The first-order valence-corrected chi connectivity index (χ1v) is 8.32. The van der Waals surface area contributed by atoms with Gasteiger partial charge < -0.3 is 4.74 Å². The Bertz CT molecular complexity index is 855. The van der Waals surface area contributed by atoms with Gasteiger partial charge in [0.15, 0.2) is 0 Å². The number of ether oxygens (including phenoxy) is 1. The number of alkyl halides is 3. The van der Waals surface area contributed by atoms with E-state index in [4.69, 9.17) is 0 Å². The Balaban J connectivity index is 2.11. The minimum Gasteiger partial charge on any atom is -0.406 e. The highest BCUT2D eigenvalue weighted by Crippen LogP contribution is 2.23. The summed E-state index contributed by atoms with van der Waals surface area (Å²) in [6.45, 7) is 2.00. The van der Waals surface area contributed by atoms with E-state index in [0.29, 0.717) is 12.0 Å². The molecule has 2 aromatic carbocycles. The molecule has 27 heavy (non-hydrogen) atoms. The fourth-order valence-corrected chi connectivity index (χ4v) is 2.20. The van der Waals surface area contributed by atoms with E-state index in [1.54, 1.807) is 0 Å². The van der Waals surface area contributed by atoms with E-state index in [-0.39, 0.29) is 16.9 Å². The molecule has 2 rings (SSSR count). The number of rotatable bonds is 5. The standard InChI is InChI=1S/C21H17F5O/c1-2-3-4-5-19(22)17-11-10-16(20(23)14-17)9-6-15-7-12-18(13-8-15)27-21(24,25)26/h5,7-8,10-14H,2-4H2,1H3. The van der Waals surface area contributed by atoms with E-state index in [9.17, 15) is 22.0 Å². The van der Waals surface area contributed by atoms with Crippen molar-refractivity contribution in [1.29, 1.82) is 0 Å². The smallest absolute Gasteiger partial charge is 0.406 e. The van der Waals surface area contributed by atoms with Crippen LogP contribution in [0.25, 0.3) is 5.83 Å². The molecule has 0 aliphatic carbocycles. The summed E-state index contributed by atoms with van der Waals surface area (Å²) in [6.07, 6.45) is -0.964. The first-order valence-electron chi connectivity index (χ1n) is 8.32. The quantitative estimate of drug-likeness (QED) is 0.322. The van der Waals surface area contributed by atoms with E-state index >= 15 is 0 Å². The van der Waals surface area contributed by atoms with E-state index in [1.165, 1.54) is 30.3 Å². The average Bonchev–Trinajstić information content (AvgIpc) is 2.60. The summed E-state index contributed by atoms with van der Waals surface area (Å²) >= 11 is 0. The molecule has 0 saturated carbocycles. The summed E-state index contributed by atoms with van der Waals surface area (Å²) in [7, 11) is 0. The Morgan fingerprint density at radius 3 is 2.37 bits per heavy atom. The number of halogens is 5. The molecule has 0 amide bonds. The van der Waals surface area contributed by atoms with Gasteiger partial charge in [-0.25, -0.2) is 8.78 Å². The van der Waals surface area contributed by atoms with Crippen LogP contribution in [-0.2, 0) is 0 Å². The number of allylic oxidation sites excluding steroid dienone is 1. The molecular formula is C21H17F5O. The molecule has 0 aliphatic rings. The second-order valence-electron chi connectivity index (χ2n) is 5.71. The predicted octanol–water partition coefficient (Wildman–Crippen LogP) is 6.62. The van der Waals surface area contributed by atoms with Gasteiger partial charge in [-0.15, -0.1) is 13.2 Å². The zero-order valence-electron chi connectivity index (χ0n) is 14.5. The van der Waals surface area contributed by atoms with Crippen LogP contribution in [0.15, 0.2) is 48.5 Å². The van der Waals surface area contributed by atoms with Crippen LogP contribution in [0.2, 0.25) is 0 Å². The maximum Gasteiger partial charge on any atom is 0.573 e. The largest absolute Gasteiger partial charge is 0.573 e. The van der Waals surface area contributed by atoms with E-state index in [0.717, 1.165) is 31.0 Å². The van der Waals surface area contributed by atoms with Crippen LogP contribution in [0, 0.1) is 17.7 Å². The lowest BCUT2D eigenvalue weighted by Gasteiger charge is -2.08. The van der Waals surface area contributed by atoms with Crippen LogP contribution in [-0.4, -0.2) is 6.36 Å². The molecule has 2 aromatic rings. The molecule has 0 N–H and O–H groups in total. The normalized spacial score (nSPS) is 11.7. The summed E-state index contributed by atoms with van der Waals surface area (Å²) in [4.78, 5) is 0. The van der Waals surface area contributed by atoms with Gasteiger partial charge in [0.25, 0.3) is 0 Å². The van der Waals surface area contributed by atoms with Crippen LogP contribution < -0.4 is 4.74 Å². The van der Waals surface area contributed by atoms with Gasteiger partial charge in [0.05, 0.1) is 5.56 Å². The molecule has 0 atom stereocenters. The van der Waals surface area contributed by atoms with Gasteiger partial charge >= 0.3 is 6.36 Å². The van der Waals surface area contributed by atoms with Gasteiger partial charge in [0.1, 0.15) is 17.4 Å². The van der Waals surface area contributed by atoms with Crippen molar-refractivity contribution < 1.29 is 26.7 Å². The maximum atomic E-state index is 14.1. The molecule has 1 nitrogen and oxygen atoms in total. The topological polar surface area (TPSA) is 9.23 Å². The summed E-state index contributed by atoms with van der Waals surface area (Å²) in [5, 5.41) is 0. The van der Waals surface area contributed by atoms with E-state index in [2.05, 4.69) is 16.6 Å². The van der Waals surface area contributed by atoms with Crippen LogP contribution >= 0.6 is 0 Å². The van der Waals surface area contributed by atoms with E-state index < -0.39 is 18.0 Å². The lowest BCUT2D eigenvalue weighted by Crippen LogP contribution is -2.16. The lowest BCUT2D eigenvalue weighted by molar-refractivity contribution is -0.274. The second-order valence-corrected chi connectivity index (χ2v) is 5.71. The molecule has 0 unspecified atom stereocenters. The number of hydrogen-bond donors (Lipinski definition) is 0. The molecule has 142 valence electrons. The Morgan fingerprint density at radius 2 is 1.78 bits per heavy atom. The van der Waals surface area contributed by atoms with Crippen LogP contribution in [0.3, 0.4) is 0 Å². The van der Waals surface area contributed by atoms with Crippen molar-refractivity contribution in [1.82, 2.24) is 0 Å². The minimum absolute atomic E-state index is 0.0655. The van der Waals surface area contributed by atoms with Gasteiger partial charge in [-0.2, -0.15) is 0 Å². The third kappa shape index (κ3) is 6.78. The Labute approximate surface area is 154 Å². The van der Waals surface area contributed by atoms with Crippen molar-refractivity contribution in [2.75, 3.05) is 0 Å². The highest BCUT2D eigenvalue weighted by atomic mass is 19.4. The van der Waals surface area contributed by atoms with Crippen molar-refractivity contribution in [3.05, 3.63) is 71.0 Å². The molecular weight excluding hydrogens is 363 g/mol. The molecule has 0 radical (unpaired) electrons. The molecule has 0 aliphatic heterocycles. The van der Waals surface area contributed by atoms with Crippen molar-refractivity contribution >= 4 is 5.83 Å². The van der Waals surface area contributed by atoms with E-state index in [1.807, 2.05) is 6.92 Å². The maximum absolute atomic E-state index is 14.1. The highest BCUT2D eigenvalue weighted by Gasteiger charge is 2.30. The minimum atomic E-state index is -4.77. The van der Waals surface area contributed by atoms with Crippen LogP contribution in [0.4, 0.5) is 22.0 Å². The third-order valence-corrected chi connectivity index (χ3v) is 3.56. The van der Waals surface area contributed by atoms with Crippen molar-refractivity contribution in [2.24, 2.45) is 0 Å². The van der Waals surface area contributed by atoms with Gasteiger partial charge in [-0.05, 0) is 55.3 Å². The molecule has 0 heterocycles. The van der Waals surface area contributed by atoms with Gasteiger partial charge in [0.2, 0.25) is 0 Å². The van der Waals surface area contributed by atoms with Crippen molar-refractivity contribution in [3.63, 3.8) is 0 Å². The zero-order valence-corrected chi connectivity index (χ0v) is 14.5. The molecule has 0 bridgehead atoms. The second kappa shape index (κ2) is 9.22. The lowest BCUT2D eigenvalue weighted by atomic mass is 10.1. The predicted molar refractivity (Wildman–Crippen MR) is 94.1 cm³/mol. The SMILES string of the molecule is CCCCC=C(F)c1ccc(C#Cc2ccc(OC(F)(F)F)cc2)c(F)c1. The Kier molecular flexibility index (Phi) is 7.00. The fraction of sp³-hybridized carbons (Fsp3) is 0.238. The number of unbranched alkanes of at least 4 members (excludes halogenated alkanes) is 2. The third-order valence-electron chi connectivity index (χ3n) is 3.56. The summed E-state index contributed by atoms with van der Waals surface area (Å²) < 4.78 is 68.1. The Morgan fingerprint density at radius 1 is 1.07 bits per heavy atom. The van der Waals surface area contributed by atoms with Gasteiger partial charge in [-0.1, -0.05) is 31.3 Å². The average molecular weight is 380 g/mol. The fourth-order valence-electron chi connectivity index (χ4n) is 2.20. The van der Waals surface area contributed by atoms with Crippen molar-refractivity contribution in [3.8, 4) is 17.6 Å². The van der Waals surface area contributed by atoms with Crippen LogP contribution in [0.1, 0.15) is 42.9 Å². The highest BCUT2D eigenvalue weighted by molar-refractivity contribution is 5.60. The molecule has 0 saturated heterocycles. The summed E-state index contributed by atoms with van der Waals surface area (Å²) in [5.41, 5.74) is 0.595. The van der Waals surface area contributed by atoms with Gasteiger partial charge in [-0.3, -0.25) is 0 Å². The Hall–Kier alpha value is -2.81. The zero-order chi connectivity index (χ0) is 19.9.